The molecule has 274 valence electrons. The highest BCUT2D eigenvalue weighted by molar-refractivity contribution is 7.80. The third-order valence-electron chi connectivity index (χ3n) is 13.2. The molecule has 0 spiro atoms. The smallest absolute Gasteiger partial charge is 0.331 e. The Bertz CT molecular complexity index is 1330. The molecule has 0 radical (unpaired) electrons. The van der Waals surface area contributed by atoms with Gasteiger partial charge in [0.15, 0.2) is 0 Å². The average molecular weight is 706 g/mol. The molecule has 1 heterocycles. The number of carbonyl (C=O) groups is 5. The Morgan fingerprint density at radius 3 is 2.41 bits per heavy atom. The fourth-order valence-electron chi connectivity index (χ4n) is 10.4. The Balaban J connectivity index is 1.03. The average Bonchev–Trinajstić information content (AvgIpc) is 3.61. The summed E-state index contributed by atoms with van der Waals surface area (Å²) in [5.41, 5.74) is -0.897. The molecule has 0 aromatic carbocycles. The van der Waals surface area contributed by atoms with Crippen molar-refractivity contribution in [1.82, 2.24) is 16.0 Å². The van der Waals surface area contributed by atoms with Crippen LogP contribution in [0.25, 0.3) is 0 Å². The van der Waals surface area contributed by atoms with Crippen LogP contribution in [0.3, 0.4) is 0 Å². The standard InChI is InChI=1S/C36H55N3O9S/c1-34-13-11-23(38-31(43)10-9-29(41)37-15-5-3-4-6-30(42)39-27(20-49)33(45)46)17-22(34)7-8-25-26(34)18-28(40)35(2)24(12-14-36(25,35)47)21-16-32(44)48-19-21/h16,22-28,40,47,49H,3-15,17-20H2,1-2H3,(H,37,41)(H,38,43)(H,39,42)(H,45,46)/t22-,23+,24-,25-,26+,27+,28-,34+,35+,36+/m1/s1. The molecule has 49 heavy (non-hydrogen) atoms. The number of hydrogen-bond donors (Lipinski definition) is 7. The van der Waals surface area contributed by atoms with Gasteiger partial charge in [0.25, 0.3) is 0 Å². The number of cyclic esters (lactones) is 1. The lowest BCUT2D eigenvalue weighted by Gasteiger charge is -2.65. The van der Waals surface area contributed by atoms with Gasteiger partial charge in [-0.25, -0.2) is 9.59 Å². The highest BCUT2D eigenvalue weighted by Gasteiger charge is 2.70. The van der Waals surface area contributed by atoms with Gasteiger partial charge in [-0.2, -0.15) is 12.6 Å². The molecule has 5 rings (SSSR count). The third-order valence-corrected chi connectivity index (χ3v) is 13.6. The number of esters is 1. The maximum atomic E-state index is 12.8. The summed E-state index contributed by atoms with van der Waals surface area (Å²) in [5, 5.41) is 41.6. The molecule has 0 unspecified atom stereocenters. The number of amides is 3. The predicted molar refractivity (Wildman–Crippen MR) is 183 cm³/mol. The Morgan fingerprint density at radius 2 is 1.71 bits per heavy atom. The van der Waals surface area contributed by atoms with Gasteiger partial charge in [0, 0.05) is 49.1 Å². The van der Waals surface area contributed by atoms with Gasteiger partial charge in [-0.05, 0) is 98.9 Å². The number of ether oxygens (including phenoxy) is 1. The topological polar surface area (TPSA) is 191 Å². The first-order valence-corrected chi connectivity index (χ1v) is 18.8. The first kappa shape index (κ1) is 37.6. The van der Waals surface area contributed by atoms with Crippen molar-refractivity contribution in [2.24, 2.45) is 34.5 Å². The second kappa shape index (κ2) is 15.3. The van der Waals surface area contributed by atoms with E-state index in [1.807, 2.05) is 6.92 Å². The molecule has 0 bridgehead atoms. The van der Waals surface area contributed by atoms with Gasteiger partial charge in [-0.15, -0.1) is 0 Å². The van der Waals surface area contributed by atoms with Crippen molar-refractivity contribution in [3.8, 4) is 0 Å². The first-order chi connectivity index (χ1) is 23.2. The van der Waals surface area contributed by atoms with Crippen LogP contribution < -0.4 is 16.0 Å². The van der Waals surface area contributed by atoms with Gasteiger partial charge in [-0.3, -0.25) is 14.4 Å². The number of aliphatic hydroxyl groups excluding tert-OH is 1. The molecule has 5 aliphatic rings. The monoisotopic (exact) mass is 705 g/mol. The van der Waals surface area contributed by atoms with E-state index >= 15 is 0 Å². The molecule has 0 aromatic rings. The number of rotatable bonds is 14. The molecule has 4 saturated carbocycles. The van der Waals surface area contributed by atoms with Crippen LogP contribution in [0.2, 0.25) is 0 Å². The summed E-state index contributed by atoms with van der Waals surface area (Å²) in [6, 6.07) is -0.970. The quantitative estimate of drug-likeness (QED) is 0.0809. The van der Waals surface area contributed by atoms with E-state index in [0.29, 0.717) is 44.6 Å². The molecule has 12 nitrogen and oxygen atoms in total. The summed E-state index contributed by atoms with van der Waals surface area (Å²) in [5.74, 6) is -1.57. The summed E-state index contributed by atoms with van der Waals surface area (Å²) in [7, 11) is 0. The molecule has 0 saturated heterocycles. The molecule has 4 aliphatic carbocycles. The van der Waals surface area contributed by atoms with Gasteiger partial charge >= 0.3 is 11.9 Å². The van der Waals surface area contributed by atoms with E-state index in [0.717, 1.165) is 44.1 Å². The lowest BCUT2D eigenvalue weighted by atomic mass is 9.42. The van der Waals surface area contributed by atoms with Gasteiger partial charge in [0.05, 0.1) is 11.7 Å². The van der Waals surface area contributed by atoms with Gasteiger partial charge in [0.1, 0.15) is 12.6 Å². The van der Waals surface area contributed by atoms with Gasteiger partial charge < -0.3 is 36.0 Å². The normalized spacial score (nSPS) is 37.1. The Labute approximate surface area is 294 Å². The van der Waals surface area contributed by atoms with Crippen LogP contribution in [0.4, 0.5) is 0 Å². The number of aliphatic hydroxyl groups is 2. The molecular weight excluding hydrogens is 650 g/mol. The molecule has 1 aliphatic heterocycles. The van der Waals surface area contributed by atoms with E-state index in [4.69, 9.17) is 9.84 Å². The highest BCUT2D eigenvalue weighted by atomic mass is 32.1. The summed E-state index contributed by atoms with van der Waals surface area (Å²) < 4.78 is 5.21. The minimum absolute atomic E-state index is 0.0209. The predicted octanol–water partition coefficient (Wildman–Crippen LogP) is 2.66. The molecule has 4 fully saturated rings. The maximum absolute atomic E-state index is 12.8. The van der Waals surface area contributed by atoms with Crippen molar-refractivity contribution in [3.05, 3.63) is 11.6 Å². The molecular formula is C36H55N3O9S. The van der Waals surface area contributed by atoms with Crippen molar-refractivity contribution in [2.45, 2.75) is 128 Å². The Hall–Kier alpha value is -2.64. The minimum atomic E-state index is -1.12. The first-order valence-electron chi connectivity index (χ1n) is 18.2. The molecule has 3 amide bonds. The fourth-order valence-corrected chi connectivity index (χ4v) is 10.7. The molecule has 10 atom stereocenters. The number of unbranched alkanes of at least 4 members (excludes halogenated alkanes) is 2. The zero-order chi connectivity index (χ0) is 35.6. The number of thiol groups is 1. The summed E-state index contributed by atoms with van der Waals surface area (Å²) in [4.78, 5) is 59.9. The lowest BCUT2D eigenvalue weighted by Crippen LogP contribution is -2.67. The van der Waals surface area contributed by atoms with E-state index in [-0.39, 0.29) is 84.5 Å². The number of carboxylic acids is 1. The highest BCUT2D eigenvalue weighted by Crippen LogP contribution is 2.69. The van der Waals surface area contributed by atoms with E-state index in [2.05, 4.69) is 35.5 Å². The Morgan fingerprint density at radius 1 is 0.959 bits per heavy atom. The molecule has 6 N–H and O–H groups in total. The molecule has 0 aromatic heterocycles. The van der Waals surface area contributed by atoms with Crippen LogP contribution in [0.15, 0.2) is 11.6 Å². The maximum Gasteiger partial charge on any atom is 0.331 e. The number of aliphatic carboxylic acids is 1. The minimum Gasteiger partial charge on any atom is -0.480 e. The van der Waals surface area contributed by atoms with E-state index < -0.39 is 29.1 Å². The van der Waals surface area contributed by atoms with Crippen molar-refractivity contribution < 1.29 is 44.0 Å². The van der Waals surface area contributed by atoms with Crippen molar-refractivity contribution >= 4 is 42.3 Å². The summed E-state index contributed by atoms with van der Waals surface area (Å²) in [6.45, 7) is 5.03. The van der Waals surface area contributed by atoms with Gasteiger partial charge in [0.2, 0.25) is 17.7 Å². The SMILES string of the molecule is C[C@]12CC[C@H](NC(=O)CCC(=O)NCCCCCC(=O)N[C@@H](CS)C(=O)O)C[C@H]1CC[C@@H]1[C@@H]2C[C@@H](O)[C@]2(C)[C@@H](C3=CC(=O)OC3)CC[C@]12O. The Kier molecular flexibility index (Phi) is 11.8. The van der Waals surface area contributed by atoms with Crippen LogP contribution in [0, 0.1) is 34.5 Å². The number of fused-ring (bicyclic) bond motifs is 5. The van der Waals surface area contributed by atoms with Crippen LogP contribution in [0.1, 0.15) is 104 Å². The third kappa shape index (κ3) is 7.54. The second-order valence-electron chi connectivity index (χ2n) is 15.7. The zero-order valence-corrected chi connectivity index (χ0v) is 29.8. The lowest BCUT2D eigenvalue weighted by molar-refractivity contribution is -0.243. The number of carbonyl (C=O) groups excluding carboxylic acids is 4. The largest absolute Gasteiger partial charge is 0.480 e. The zero-order valence-electron chi connectivity index (χ0n) is 28.9. The van der Waals surface area contributed by atoms with Crippen LogP contribution in [-0.2, 0) is 28.7 Å². The van der Waals surface area contributed by atoms with Crippen LogP contribution >= 0.6 is 12.6 Å². The van der Waals surface area contributed by atoms with E-state index in [1.54, 1.807) is 6.08 Å². The van der Waals surface area contributed by atoms with Crippen molar-refractivity contribution in [3.63, 3.8) is 0 Å². The number of nitrogens with one attached hydrogen (secondary N) is 3. The number of carboxylic acid groups (broad SMARTS) is 1. The summed E-state index contributed by atoms with van der Waals surface area (Å²) >= 11 is 3.93. The molecule has 13 heteroatoms. The number of hydrogen-bond acceptors (Lipinski definition) is 9. The van der Waals surface area contributed by atoms with E-state index in [1.165, 1.54) is 0 Å². The van der Waals surface area contributed by atoms with E-state index in [9.17, 15) is 34.2 Å². The second-order valence-corrected chi connectivity index (χ2v) is 16.1. The van der Waals surface area contributed by atoms with Crippen molar-refractivity contribution in [1.29, 1.82) is 0 Å². The van der Waals surface area contributed by atoms with Crippen LogP contribution in [-0.4, -0.2) is 87.7 Å². The summed E-state index contributed by atoms with van der Waals surface area (Å²) in [6.07, 6.45) is 9.59. The van der Waals surface area contributed by atoms with Crippen molar-refractivity contribution in [2.75, 3.05) is 18.9 Å². The van der Waals surface area contributed by atoms with Gasteiger partial charge in [-0.1, -0.05) is 20.3 Å². The fraction of sp³-hybridized carbons (Fsp3) is 0.806. The van der Waals surface area contributed by atoms with Crippen LogP contribution in [0.5, 0.6) is 0 Å².